The molecule has 0 spiro atoms. The zero-order chi connectivity index (χ0) is 30.2. The Morgan fingerprint density at radius 1 is 0.698 bits per heavy atom. The van der Waals surface area contributed by atoms with Gasteiger partial charge in [-0.2, -0.15) is 0 Å². The van der Waals surface area contributed by atoms with E-state index in [1.54, 1.807) is 17.4 Å². The van der Waals surface area contributed by atoms with Gasteiger partial charge in [0.15, 0.2) is 0 Å². The number of carbonyl (C=O) groups is 2. The molecule has 0 unspecified atom stereocenters. The van der Waals surface area contributed by atoms with Gasteiger partial charge in [0, 0.05) is 67.4 Å². The number of aromatic nitrogens is 4. The Bertz CT molecular complexity index is 1930. The van der Waals surface area contributed by atoms with Gasteiger partial charge in [0.05, 0.1) is 5.57 Å². The maximum Gasteiger partial charge on any atom is 0.217 e. The summed E-state index contributed by atoms with van der Waals surface area (Å²) >= 11 is 1.60. The average molecular weight is 584 g/mol. The van der Waals surface area contributed by atoms with Gasteiger partial charge >= 0.3 is 0 Å². The Hall–Kier alpha value is -4.82. The number of benzene rings is 1. The Morgan fingerprint density at radius 3 is 1.77 bits per heavy atom. The first-order valence-electron chi connectivity index (χ1n) is 14.1. The van der Waals surface area contributed by atoms with Crippen molar-refractivity contribution in [3.8, 4) is 10.4 Å². The van der Waals surface area contributed by atoms with E-state index in [1.165, 1.54) is 29.1 Å². The highest BCUT2D eigenvalue weighted by Gasteiger charge is 2.39. The van der Waals surface area contributed by atoms with Gasteiger partial charge in [0.25, 0.3) is 0 Å². The fraction of sp³-hybridized carbons (Fsp3) is 0.200. The normalized spacial score (nSPS) is 14.5. The highest BCUT2D eigenvalue weighted by molar-refractivity contribution is 7.16. The first-order valence-corrected chi connectivity index (χ1v) is 14.9. The molecule has 4 aromatic heterocycles. The van der Waals surface area contributed by atoms with E-state index in [2.05, 4.69) is 87.2 Å². The third-order valence-electron chi connectivity index (χ3n) is 8.16. The zero-order valence-corrected chi connectivity index (χ0v) is 25.6. The van der Waals surface area contributed by atoms with Crippen molar-refractivity contribution in [2.24, 2.45) is 0 Å². The van der Waals surface area contributed by atoms with E-state index in [9.17, 15) is 9.59 Å². The van der Waals surface area contributed by atoms with Crippen LogP contribution in [0.5, 0.6) is 0 Å². The molecule has 2 aliphatic carbocycles. The molecule has 8 heteroatoms. The second-order valence-corrected chi connectivity index (χ2v) is 12.9. The summed E-state index contributed by atoms with van der Waals surface area (Å²) in [6.07, 6.45) is 4.58. The van der Waals surface area contributed by atoms with Gasteiger partial charge in [-0.3, -0.25) is 19.6 Å². The number of hydrogen-bond donors (Lipinski definition) is 0. The number of rotatable bonds is 4. The molecule has 0 aliphatic heterocycles. The predicted molar refractivity (Wildman–Crippen MR) is 170 cm³/mol. The van der Waals surface area contributed by atoms with Crippen molar-refractivity contribution in [2.45, 2.75) is 47.0 Å². The first-order chi connectivity index (χ1) is 20.5. The van der Waals surface area contributed by atoms with Crippen molar-refractivity contribution in [2.75, 3.05) is 4.90 Å². The van der Waals surface area contributed by atoms with Gasteiger partial charge in [-0.15, -0.1) is 11.3 Å². The number of thiophene rings is 1. The summed E-state index contributed by atoms with van der Waals surface area (Å²) < 4.78 is 0. The molecule has 212 valence electrons. The van der Waals surface area contributed by atoms with Gasteiger partial charge in [-0.1, -0.05) is 19.9 Å². The lowest BCUT2D eigenvalue weighted by Gasteiger charge is -2.29. The number of fused-ring (bicyclic) bond motifs is 4. The smallest absolute Gasteiger partial charge is 0.217 e. The summed E-state index contributed by atoms with van der Waals surface area (Å²) in [7, 11) is 0. The third-order valence-corrected chi connectivity index (χ3v) is 9.27. The van der Waals surface area contributed by atoms with E-state index >= 15 is 0 Å². The van der Waals surface area contributed by atoms with Crippen LogP contribution in [0.15, 0.2) is 66.5 Å². The molecule has 0 saturated heterocycles. The highest BCUT2D eigenvalue weighted by atomic mass is 32.1. The summed E-state index contributed by atoms with van der Waals surface area (Å²) in [6.45, 7) is 12.5. The topological polar surface area (TPSA) is 88.9 Å². The number of hydrogen-bond acceptors (Lipinski definition) is 8. The van der Waals surface area contributed by atoms with Crippen molar-refractivity contribution in [3.05, 3.63) is 117 Å². The summed E-state index contributed by atoms with van der Waals surface area (Å²) in [4.78, 5) is 47.6. The Morgan fingerprint density at radius 2 is 1.23 bits per heavy atom. The van der Waals surface area contributed by atoms with Crippen LogP contribution in [0, 0.1) is 27.7 Å². The maximum atomic E-state index is 12.9. The lowest BCUT2D eigenvalue weighted by atomic mass is 9.82. The minimum atomic E-state index is -0.366. The van der Waals surface area contributed by atoms with Crippen molar-refractivity contribution in [1.29, 1.82) is 0 Å². The largest absolute Gasteiger partial charge is 0.310 e. The molecular weight excluding hydrogens is 554 g/mol. The van der Waals surface area contributed by atoms with Gasteiger partial charge in [0.1, 0.15) is 11.4 Å². The molecule has 1 aromatic carbocycles. The second-order valence-electron chi connectivity index (χ2n) is 11.8. The molecule has 0 atom stereocenters. The van der Waals surface area contributed by atoms with Crippen LogP contribution < -0.4 is 4.90 Å². The molecule has 0 saturated carbocycles. The maximum absolute atomic E-state index is 12.9. The number of anilines is 3. The van der Waals surface area contributed by atoms with Gasteiger partial charge in [-0.25, -0.2) is 9.97 Å². The number of carbonyl (C=O) groups excluding carboxylic acids is 2. The van der Waals surface area contributed by atoms with E-state index in [4.69, 9.17) is 0 Å². The summed E-state index contributed by atoms with van der Waals surface area (Å²) in [6, 6.07) is 17.2. The van der Waals surface area contributed by atoms with Crippen LogP contribution in [-0.2, 0) is 5.41 Å². The lowest BCUT2D eigenvalue weighted by molar-refractivity contribution is 0.0988. The first kappa shape index (κ1) is 27.0. The predicted octanol–water partition coefficient (Wildman–Crippen LogP) is 7.80. The number of nitrogens with zero attached hydrogens (tertiary/aromatic N) is 5. The summed E-state index contributed by atoms with van der Waals surface area (Å²) in [5, 5.41) is 0. The van der Waals surface area contributed by atoms with Crippen LogP contribution in [-0.4, -0.2) is 31.5 Å². The van der Waals surface area contributed by atoms with E-state index in [-0.39, 0.29) is 33.9 Å². The molecule has 0 radical (unpaired) electrons. The molecule has 0 fully saturated rings. The van der Waals surface area contributed by atoms with Gasteiger partial charge in [0.2, 0.25) is 11.6 Å². The molecule has 5 aromatic rings. The van der Waals surface area contributed by atoms with Crippen LogP contribution in [0.3, 0.4) is 0 Å². The van der Waals surface area contributed by atoms with E-state index < -0.39 is 0 Å². The Labute approximate surface area is 254 Å². The molecular formula is C35H29N5O2S. The minimum absolute atomic E-state index is 0.121. The Kier molecular flexibility index (Phi) is 6.04. The summed E-state index contributed by atoms with van der Waals surface area (Å²) in [5.41, 5.74) is 10.7. The molecule has 4 heterocycles. The molecule has 7 rings (SSSR count). The number of aryl methyl sites for hydroxylation is 4. The standard InChI is InChI=1S/C35H29N5O2S/c1-18-11-23(12-19(2)38-18)40(24-13-20(3)39-21(4)14-24)22-7-8-26-28(15-22)35(5,6)29-17-25(43-34(26)29)16-27-32(41)30-31(33(27)42)37-10-9-36-30/h7-17H,1-6H3. The number of allylic oxidation sites excluding steroid dienone is 1. The van der Waals surface area contributed by atoms with Crippen LogP contribution in [0.25, 0.3) is 16.5 Å². The van der Waals surface area contributed by atoms with Crippen molar-refractivity contribution in [1.82, 2.24) is 19.9 Å². The molecule has 0 amide bonds. The van der Waals surface area contributed by atoms with Crippen molar-refractivity contribution in [3.63, 3.8) is 0 Å². The Balaban J connectivity index is 1.32. The monoisotopic (exact) mass is 583 g/mol. The van der Waals surface area contributed by atoms with Gasteiger partial charge in [-0.05, 0) is 92.9 Å². The lowest BCUT2D eigenvalue weighted by Crippen LogP contribution is -2.17. The molecule has 2 aliphatic rings. The zero-order valence-electron chi connectivity index (χ0n) is 24.8. The van der Waals surface area contributed by atoms with Crippen LogP contribution in [0.4, 0.5) is 17.1 Å². The van der Waals surface area contributed by atoms with Crippen LogP contribution in [0.1, 0.15) is 73.6 Å². The van der Waals surface area contributed by atoms with Crippen molar-refractivity contribution < 1.29 is 9.59 Å². The summed E-state index contributed by atoms with van der Waals surface area (Å²) in [5.74, 6) is -0.733. The SMILES string of the molecule is Cc1cc(N(c2cc(C)nc(C)c2)c2ccc3c(c2)C(C)(C)c2cc(C=C4C(=O)c5nccnc5C4=O)sc2-3)cc(C)n1. The number of pyridine rings is 2. The average Bonchev–Trinajstić information content (AvgIpc) is 3.54. The third kappa shape index (κ3) is 4.32. The highest BCUT2D eigenvalue weighted by Crippen LogP contribution is 2.54. The fourth-order valence-electron chi connectivity index (χ4n) is 6.31. The minimum Gasteiger partial charge on any atom is -0.310 e. The number of Topliss-reactive ketones (excluding diaryl/α,β-unsaturated/α-hetero) is 2. The van der Waals surface area contributed by atoms with E-state index in [1.807, 2.05) is 27.7 Å². The second kappa shape index (κ2) is 9.61. The fourth-order valence-corrected chi connectivity index (χ4v) is 7.61. The molecule has 0 N–H and O–H groups in total. The van der Waals surface area contributed by atoms with Crippen LogP contribution >= 0.6 is 11.3 Å². The van der Waals surface area contributed by atoms with Gasteiger partial charge < -0.3 is 4.90 Å². The van der Waals surface area contributed by atoms with E-state index in [0.29, 0.717) is 0 Å². The van der Waals surface area contributed by atoms with E-state index in [0.717, 1.165) is 49.6 Å². The quantitative estimate of drug-likeness (QED) is 0.158. The molecule has 43 heavy (non-hydrogen) atoms. The molecule has 0 bridgehead atoms. The number of ketones is 2. The molecule has 7 nitrogen and oxygen atoms in total. The van der Waals surface area contributed by atoms with Crippen LogP contribution in [0.2, 0.25) is 0 Å². The van der Waals surface area contributed by atoms with Crippen molar-refractivity contribution >= 4 is 46.0 Å².